The summed E-state index contributed by atoms with van der Waals surface area (Å²) < 4.78 is 5.06. The van der Waals surface area contributed by atoms with Crippen molar-refractivity contribution in [3.8, 4) is 0 Å². The summed E-state index contributed by atoms with van der Waals surface area (Å²) in [5, 5.41) is 4.22. The first-order chi connectivity index (χ1) is 9.52. The van der Waals surface area contributed by atoms with Crippen LogP contribution in [-0.2, 0) is 11.3 Å². The molecule has 1 fully saturated rings. The number of ether oxygens (including phenoxy) is 1. The molecule has 0 unspecified atom stereocenters. The number of nitrogens with one attached hydrogen (secondary N) is 1. The Bertz CT molecular complexity index is 448. The molecule has 1 aromatic carbocycles. The number of benzene rings is 1. The molecule has 3 nitrogen and oxygen atoms in total. The van der Waals surface area contributed by atoms with E-state index >= 15 is 0 Å². The van der Waals surface area contributed by atoms with Gasteiger partial charge in [-0.3, -0.25) is 0 Å². The molecule has 0 amide bonds. The van der Waals surface area contributed by atoms with Crippen molar-refractivity contribution in [1.29, 1.82) is 0 Å². The van der Waals surface area contributed by atoms with Crippen molar-refractivity contribution in [2.75, 3.05) is 38.3 Å². The number of hydrogen-bond acceptors (Lipinski definition) is 3. The average Bonchev–Trinajstić information content (AvgIpc) is 2.76. The summed E-state index contributed by atoms with van der Waals surface area (Å²) in [7, 11) is 1.72. The van der Waals surface area contributed by atoms with Gasteiger partial charge >= 0.3 is 0 Å². The Hall–Kier alpha value is -0.770. The van der Waals surface area contributed by atoms with Crippen LogP contribution in [0.15, 0.2) is 18.2 Å². The Labute approximate surface area is 127 Å². The Balaban J connectivity index is 2.08. The minimum Gasteiger partial charge on any atom is -0.383 e. The summed E-state index contributed by atoms with van der Waals surface area (Å²) in [5.74, 6) is 0. The van der Waals surface area contributed by atoms with E-state index in [1.165, 1.54) is 17.7 Å². The molecule has 0 radical (unpaired) electrons. The number of halogens is 1. The molecular weight excluding hydrogens is 272 g/mol. The van der Waals surface area contributed by atoms with Crippen molar-refractivity contribution in [2.45, 2.75) is 26.8 Å². The second-order valence-electron chi connectivity index (χ2n) is 6.28. The van der Waals surface area contributed by atoms with E-state index in [0.29, 0.717) is 5.41 Å². The lowest BCUT2D eigenvalue weighted by atomic mass is 9.93. The van der Waals surface area contributed by atoms with Gasteiger partial charge < -0.3 is 15.0 Å². The summed E-state index contributed by atoms with van der Waals surface area (Å²) in [6.45, 7) is 9.31. The van der Waals surface area contributed by atoms with Gasteiger partial charge in [0, 0.05) is 44.0 Å². The lowest BCUT2D eigenvalue weighted by Gasteiger charge is -2.24. The van der Waals surface area contributed by atoms with E-state index in [-0.39, 0.29) is 0 Å². The molecule has 1 aromatic rings. The molecule has 1 saturated heterocycles. The van der Waals surface area contributed by atoms with Gasteiger partial charge in [-0.2, -0.15) is 0 Å². The molecule has 0 atom stereocenters. The van der Waals surface area contributed by atoms with Crippen LogP contribution in [0.4, 0.5) is 5.69 Å². The molecule has 0 spiro atoms. The van der Waals surface area contributed by atoms with E-state index in [0.717, 1.165) is 37.8 Å². The summed E-state index contributed by atoms with van der Waals surface area (Å²) >= 11 is 6.18. The highest BCUT2D eigenvalue weighted by Crippen LogP contribution is 2.35. The van der Waals surface area contributed by atoms with Crippen molar-refractivity contribution < 1.29 is 4.74 Å². The highest BCUT2D eigenvalue weighted by molar-refractivity contribution is 6.30. The summed E-state index contributed by atoms with van der Waals surface area (Å²) in [4.78, 5) is 2.46. The third-order valence-electron chi connectivity index (χ3n) is 3.86. The standard InChI is InChI=1S/C16H25ClN2O/c1-16(2)6-8-19(12-16)15-10-14(17)5-4-13(15)11-18-7-9-20-3/h4-5,10,18H,6-9,11-12H2,1-3H3. The van der Waals surface area contributed by atoms with Crippen LogP contribution in [0.3, 0.4) is 0 Å². The Kier molecular flexibility index (Phi) is 5.30. The van der Waals surface area contributed by atoms with E-state index in [4.69, 9.17) is 16.3 Å². The summed E-state index contributed by atoms with van der Waals surface area (Å²) in [6.07, 6.45) is 1.23. The van der Waals surface area contributed by atoms with Crippen molar-refractivity contribution in [1.82, 2.24) is 5.32 Å². The topological polar surface area (TPSA) is 24.5 Å². The zero-order chi connectivity index (χ0) is 14.6. The Morgan fingerprint density at radius 1 is 1.40 bits per heavy atom. The number of hydrogen-bond donors (Lipinski definition) is 1. The first-order valence-electron chi connectivity index (χ1n) is 7.25. The van der Waals surface area contributed by atoms with Gasteiger partial charge in [-0.25, -0.2) is 0 Å². The van der Waals surface area contributed by atoms with Crippen molar-refractivity contribution >= 4 is 17.3 Å². The lowest BCUT2D eigenvalue weighted by Crippen LogP contribution is -2.25. The monoisotopic (exact) mass is 296 g/mol. The zero-order valence-corrected chi connectivity index (χ0v) is 13.5. The molecule has 0 bridgehead atoms. The molecule has 0 saturated carbocycles. The number of anilines is 1. The fourth-order valence-electron chi connectivity index (χ4n) is 2.70. The second-order valence-corrected chi connectivity index (χ2v) is 6.71. The maximum Gasteiger partial charge on any atom is 0.0587 e. The number of methoxy groups -OCH3 is 1. The highest BCUT2D eigenvalue weighted by atomic mass is 35.5. The molecule has 4 heteroatoms. The molecule has 1 aliphatic rings. The molecule has 112 valence electrons. The van der Waals surface area contributed by atoms with E-state index < -0.39 is 0 Å². The van der Waals surface area contributed by atoms with Crippen LogP contribution in [0.25, 0.3) is 0 Å². The minimum atomic E-state index is 0.392. The molecule has 1 aliphatic heterocycles. The minimum absolute atomic E-state index is 0.392. The van der Waals surface area contributed by atoms with Crippen LogP contribution >= 0.6 is 11.6 Å². The van der Waals surface area contributed by atoms with Gasteiger partial charge in [0.05, 0.1) is 6.61 Å². The van der Waals surface area contributed by atoms with Gasteiger partial charge in [0.25, 0.3) is 0 Å². The van der Waals surface area contributed by atoms with Crippen molar-refractivity contribution in [3.05, 3.63) is 28.8 Å². The molecule has 20 heavy (non-hydrogen) atoms. The quantitative estimate of drug-likeness (QED) is 0.815. The van der Waals surface area contributed by atoms with Crippen LogP contribution in [0.1, 0.15) is 25.8 Å². The normalized spacial score (nSPS) is 17.7. The lowest BCUT2D eigenvalue weighted by molar-refractivity contribution is 0.199. The third-order valence-corrected chi connectivity index (χ3v) is 4.10. The van der Waals surface area contributed by atoms with Gasteiger partial charge in [-0.15, -0.1) is 0 Å². The van der Waals surface area contributed by atoms with Crippen LogP contribution in [0.2, 0.25) is 5.02 Å². The Morgan fingerprint density at radius 2 is 2.20 bits per heavy atom. The van der Waals surface area contributed by atoms with E-state index in [1.807, 2.05) is 6.07 Å². The molecule has 1 N–H and O–H groups in total. The first-order valence-corrected chi connectivity index (χ1v) is 7.63. The fraction of sp³-hybridized carbons (Fsp3) is 0.625. The predicted octanol–water partition coefficient (Wildman–Crippen LogP) is 3.31. The SMILES string of the molecule is COCCNCc1ccc(Cl)cc1N1CCC(C)(C)C1. The van der Waals surface area contributed by atoms with Crippen molar-refractivity contribution in [2.24, 2.45) is 5.41 Å². The van der Waals surface area contributed by atoms with Crippen LogP contribution in [0.5, 0.6) is 0 Å². The van der Waals surface area contributed by atoms with Crippen LogP contribution < -0.4 is 10.2 Å². The predicted molar refractivity (Wildman–Crippen MR) is 85.6 cm³/mol. The third kappa shape index (κ3) is 4.11. The molecular formula is C16H25ClN2O. The summed E-state index contributed by atoms with van der Waals surface area (Å²) in [6, 6.07) is 6.19. The van der Waals surface area contributed by atoms with E-state index in [1.54, 1.807) is 7.11 Å². The fourth-order valence-corrected chi connectivity index (χ4v) is 2.86. The van der Waals surface area contributed by atoms with E-state index in [9.17, 15) is 0 Å². The molecule has 0 aliphatic carbocycles. The average molecular weight is 297 g/mol. The smallest absolute Gasteiger partial charge is 0.0587 e. The van der Waals surface area contributed by atoms with E-state index in [2.05, 4.69) is 36.2 Å². The number of nitrogens with zero attached hydrogens (tertiary/aromatic N) is 1. The molecule has 2 rings (SSSR count). The highest BCUT2D eigenvalue weighted by Gasteiger charge is 2.30. The number of rotatable bonds is 6. The first kappa shape index (κ1) is 15.6. The van der Waals surface area contributed by atoms with Gasteiger partial charge in [0.15, 0.2) is 0 Å². The van der Waals surface area contributed by atoms with Gasteiger partial charge in [0.2, 0.25) is 0 Å². The van der Waals surface area contributed by atoms with Gasteiger partial charge in [-0.1, -0.05) is 31.5 Å². The molecule has 1 heterocycles. The summed E-state index contributed by atoms with van der Waals surface area (Å²) in [5.41, 5.74) is 2.97. The molecule has 0 aromatic heterocycles. The Morgan fingerprint density at radius 3 is 2.85 bits per heavy atom. The maximum absolute atomic E-state index is 6.18. The van der Waals surface area contributed by atoms with Gasteiger partial charge in [-0.05, 0) is 29.5 Å². The zero-order valence-electron chi connectivity index (χ0n) is 12.7. The second kappa shape index (κ2) is 6.79. The van der Waals surface area contributed by atoms with Gasteiger partial charge in [0.1, 0.15) is 0 Å². The van der Waals surface area contributed by atoms with Crippen molar-refractivity contribution in [3.63, 3.8) is 0 Å². The van der Waals surface area contributed by atoms with Crippen LogP contribution in [0, 0.1) is 5.41 Å². The maximum atomic E-state index is 6.18. The van der Waals surface area contributed by atoms with Crippen LogP contribution in [-0.4, -0.2) is 33.4 Å². The largest absolute Gasteiger partial charge is 0.383 e.